The summed E-state index contributed by atoms with van der Waals surface area (Å²) in [5.41, 5.74) is 1.82. The van der Waals surface area contributed by atoms with Crippen LogP contribution in [0.25, 0.3) is 6.08 Å². The van der Waals surface area contributed by atoms with E-state index in [0.717, 1.165) is 15.6 Å². The largest absolute Gasteiger partial charge is 0.269 e. The molecule has 0 bridgehead atoms. The minimum atomic E-state index is -1.12. The molecular formula is C15H12BrNO3S. The SMILES string of the molecule is O=[N+]([O-])c1ccc(/C=C/S(=O)Cc2ccc(Br)cc2)cc1. The second-order valence-electron chi connectivity index (χ2n) is 4.30. The number of hydrogen-bond donors (Lipinski definition) is 0. The summed E-state index contributed by atoms with van der Waals surface area (Å²) in [7, 11) is -1.12. The molecule has 4 nitrogen and oxygen atoms in total. The Labute approximate surface area is 133 Å². The molecule has 0 saturated heterocycles. The van der Waals surface area contributed by atoms with Crippen LogP contribution in [0.2, 0.25) is 0 Å². The lowest BCUT2D eigenvalue weighted by Crippen LogP contribution is -1.91. The maximum atomic E-state index is 12.0. The van der Waals surface area contributed by atoms with Gasteiger partial charge in [-0.25, -0.2) is 0 Å². The second kappa shape index (κ2) is 7.28. The average molecular weight is 366 g/mol. The van der Waals surface area contributed by atoms with Gasteiger partial charge in [-0.2, -0.15) is 0 Å². The number of nitrogens with zero attached hydrogens (tertiary/aromatic N) is 1. The first kappa shape index (κ1) is 15.6. The summed E-state index contributed by atoms with van der Waals surface area (Å²) in [6.45, 7) is 0. The summed E-state index contributed by atoms with van der Waals surface area (Å²) in [4.78, 5) is 10.1. The van der Waals surface area contributed by atoms with Crippen molar-refractivity contribution < 1.29 is 9.13 Å². The van der Waals surface area contributed by atoms with Crippen LogP contribution < -0.4 is 0 Å². The van der Waals surface area contributed by atoms with E-state index >= 15 is 0 Å². The van der Waals surface area contributed by atoms with Crippen LogP contribution in [-0.4, -0.2) is 9.13 Å². The van der Waals surface area contributed by atoms with Gasteiger partial charge in [-0.05, 0) is 41.5 Å². The summed E-state index contributed by atoms with van der Waals surface area (Å²) >= 11 is 3.35. The fraction of sp³-hybridized carbons (Fsp3) is 0.0667. The number of nitro groups is 1. The first-order valence-electron chi connectivity index (χ1n) is 6.09. The van der Waals surface area contributed by atoms with Gasteiger partial charge in [0.2, 0.25) is 0 Å². The maximum absolute atomic E-state index is 12.0. The Balaban J connectivity index is 1.98. The first-order chi connectivity index (χ1) is 10.0. The van der Waals surface area contributed by atoms with E-state index in [-0.39, 0.29) is 5.69 Å². The van der Waals surface area contributed by atoms with Crippen molar-refractivity contribution in [3.8, 4) is 0 Å². The lowest BCUT2D eigenvalue weighted by molar-refractivity contribution is -0.384. The third-order valence-corrected chi connectivity index (χ3v) is 4.32. The number of non-ortho nitro benzene ring substituents is 1. The van der Waals surface area contributed by atoms with E-state index < -0.39 is 15.7 Å². The van der Waals surface area contributed by atoms with E-state index in [0.29, 0.717) is 5.75 Å². The number of hydrogen-bond acceptors (Lipinski definition) is 3. The topological polar surface area (TPSA) is 60.2 Å². The molecule has 2 aromatic rings. The number of nitro benzene ring substituents is 1. The molecule has 1 unspecified atom stereocenters. The van der Waals surface area contributed by atoms with Gasteiger partial charge in [0, 0.05) is 22.0 Å². The number of benzene rings is 2. The van der Waals surface area contributed by atoms with Gasteiger partial charge >= 0.3 is 0 Å². The summed E-state index contributed by atoms with van der Waals surface area (Å²) < 4.78 is 12.9. The summed E-state index contributed by atoms with van der Waals surface area (Å²) in [6, 6.07) is 13.8. The average Bonchev–Trinajstić information content (AvgIpc) is 2.48. The molecule has 2 rings (SSSR count). The van der Waals surface area contributed by atoms with Crippen molar-refractivity contribution in [1.29, 1.82) is 0 Å². The normalized spacial score (nSPS) is 12.4. The van der Waals surface area contributed by atoms with Gasteiger partial charge in [0.05, 0.1) is 21.5 Å². The fourth-order valence-electron chi connectivity index (χ4n) is 1.65. The van der Waals surface area contributed by atoms with Crippen molar-refractivity contribution in [2.45, 2.75) is 5.75 Å². The highest BCUT2D eigenvalue weighted by Gasteiger charge is 2.03. The Hall–Kier alpha value is -1.79. The van der Waals surface area contributed by atoms with E-state index in [1.165, 1.54) is 12.1 Å². The Morgan fingerprint density at radius 1 is 1.10 bits per heavy atom. The van der Waals surface area contributed by atoms with Crippen LogP contribution >= 0.6 is 15.9 Å². The molecule has 0 heterocycles. The van der Waals surface area contributed by atoms with E-state index in [9.17, 15) is 14.3 Å². The van der Waals surface area contributed by atoms with Crippen molar-refractivity contribution in [2.24, 2.45) is 0 Å². The van der Waals surface area contributed by atoms with Crippen LogP contribution in [0.4, 0.5) is 5.69 Å². The van der Waals surface area contributed by atoms with Crippen LogP contribution in [0.3, 0.4) is 0 Å². The van der Waals surface area contributed by atoms with Crippen LogP contribution in [0.15, 0.2) is 58.4 Å². The summed E-state index contributed by atoms with van der Waals surface area (Å²) in [6.07, 6.45) is 1.71. The first-order valence-corrected chi connectivity index (χ1v) is 8.26. The molecule has 108 valence electrons. The van der Waals surface area contributed by atoms with Crippen molar-refractivity contribution in [3.05, 3.63) is 79.7 Å². The molecule has 0 fully saturated rings. The quantitative estimate of drug-likeness (QED) is 0.586. The predicted molar refractivity (Wildman–Crippen MR) is 88.1 cm³/mol. The van der Waals surface area contributed by atoms with E-state index in [4.69, 9.17) is 0 Å². The van der Waals surface area contributed by atoms with Crippen LogP contribution in [0, 0.1) is 10.1 Å². The monoisotopic (exact) mass is 365 g/mol. The molecule has 0 aromatic heterocycles. The zero-order chi connectivity index (χ0) is 15.2. The molecule has 21 heavy (non-hydrogen) atoms. The highest BCUT2D eigenvalue weighted by molar-refractivity contribution is 9.10. The minimum Gasteiger partial charge on any atom is -0.258 e. The molecule has 2 aromatic carbocycles. The molecule has 0 spiro atoms. The lowest BCUT2D eigenvalue weighted by Gasteiger charge is -1.99. The maximum Gasteiger partial charge on any atom is 0.269 e. The molecule has 1 atom stereocenters. The molecule has 0 saturated carbocycles. The van der Waals surface area contributed by atoms with Crippen LogP contribution in [-0.2, 0) is 16.6 Å². The minimum absolute atomic E-state index is 0.0446. The Kier molecular flexibility index (Phi) is 5.41. The van der Waals surface area contributed by atoms with Gasteiger partial charge in [0.1, 0.15) is 0 Å². The molecule has 0 aliphatic rings. The lowest BCUT2D eigenvalue weighted by atomic mass is 10.2. The van der Waals surface area contributed by atoms with Gasteiger partial charge in [-0.3, -0.25) is 14.3 Å². The molecular weight excluding hydrogens is 354 g/mol. The number of halogens is 1. The standard InChI is InChI=1S/C15H12BrNO3S/c16-14-5-1-13(2-6-14)11-21(20)10-9-12-3-7-15(8-4-12)17(18)19/h1-10H,11H2/b10-9+. The molecule has 0 radical (unpaired) electrons. The number of rotatable bonds is 5. The summed E-state index contributed by atoms with van der Waals surface area (Å²) in [5.74, 6) is 0.441. The molecule has 0 N–H and O–H groups in total. The Morgan fingerprint density at radius 2 is 1.71 bits per heavy atom. The highest BCUT2D eigenvalue weighted by atomic mass is 79.9. The third kappa shape index (κ3) is 4.91. The van der Waals surface area contributed by atoms with Gasteiger partial charge in [0.15, 0.2) is 0 Å². The van der Waals surface area contributed by atoms with E-state index in [1.54, 1.807) is 23.6 Å². The van der Waals surface area contributed by atoms with Crippen molar-refractivity contribution in [2.75, 3.05) is 0 Å². The second-order valence-corrected chi connectivity index (χ2v) is 6.54. The smallest absolute Gasteiger partial charge is 0.258 e. The third-order valence-electron chi connectivity index (χ3n) is 2.74. The Morgan fingerprint density at radius 3 is 2.29 bits per heavy atom. The fourth-order valence-corrected chi connectivity index (χ4v) is 2.85. The predicted octanol–water partition coefficient (Wildman–Crippen LogP) is 4.28. The summed E-state index contributed by atoms with van der Waals surface area (Å²) in [5, 5.41) is 12.1. The van der Waals surface area contributed by atoms with Gasteiger partial charge in [-0.15, -0.1) is 0 Å². The van der Waals surface area contributed by atoms with Gasteiger partial charge in [-0.1, -0.05) is 28.1 Å². The van der Waals surface area contributed by atoms with Crippen molar-refractivity contribution in [1.82, 2.24) is 0 Å². The molecule has 0 aliphatic carbocycles. The Bertz CT molecular complexity index is 681. The molecule has 0 amide bonds. The zero-order valence-corrected chi connectivity index (χ0v) is 13.3. The zero-order valence-electron chi connectivity index (χ0n) is 10.9. The molecule has 0 aliphatic heterocycles. The van der Waals surface area contributed by atoms with Gasteiger partial charge in [0.25, 0.3) is 5.69 Å². The molecule has 6 heteroatoms. The van der Waals surface area contributed by atoms with Crippen LogP contribution in [0.5, 0.6) is 0 Å². The van der Waals surface area contributed by atoms with Gasteiger partial charge < -0.3 is 0 Å². The van der Waals surface area contributed by atoms with Crippen molar-refractivity contribution >= 4 is 38.5 Å². The van der Waals surface area contributed by atoms with E-state index in [2.05, 4.69) is 15.9 Å². The van der Waals surface area contributed by atoms with E-state index in [1.807, 2.05) is 24.3 Å². The van der Waals surface area contributed by atoms with Crippen LogP contribution in [0.1, 0.15) is 11.1 Å². The van der Waals surface area contributed by atoms with Crippen molar-refractivity contribution in [3.63, 3.8) is 0 Å². The highest BCUT2D eigenvalue weighted by Crippen LogP contribution is 2.15.